The third kappa shape index (κ3) is 14.2. The topological polar surface area (TPSA) is 244 Å². The van der Waals surface area contributed by atoms with Gasteiger partial charge in [0.25, 0.3) is 11.4 Å². The molecule has 76 heavy (non-hydrogen) atoms. The summed E-state index contributed by atoms with van der Waals surface area (Å²) >= 11 is 0. The van der Waals surface area contributed by atoms with E-state index in [-0.39, 0.29) is 71.1 Å². The number of aromatic nitrogens is 6. The molecule has 2 aliphatic carbocycles. The van der Waals surface area contributed by atoms with Crippen LogP contribution in [-0.4, -0.2) is 74.1 Å². The number of benzene rings is 2. The fourth-order valence-electron chi connectivity index (χ4n) is 9.93. The fraction of sp³-hybridized carbons (Fsp3) is 0.453. The van der Waals surface area contributed by atoms with E-state index in [4.69, 9.17) is 29.1 Å². The van der Waals surface area contributed by atoms with Crippen LogP contribution in [-0.2, 0) is 37.0 Å². The van der Waals surface area contributed by atoms with Crippen LogP contribution in [0.3, 0.4) is 0 Å². The third-order valence-electron chi connectivity index (χ3n) is 14.1. The van der Waals surface area contributed by atoms with Crippen LogP contribution in [0.1, 0.15) is 84.7 Å². The number of non-ortho nitro benzene ring substituents is 2. The minimum atomic E-state index is -1.37. The second-order valence-corrected chi connectivity index (χ2v) is 33.7. The molecule has 2 N–H and O–H groups in total. The minimum Gasteiger partial charge on any atom is -0.394 e. The summed E-state index contributed by atoms with van der Waals surface area (Å²) in [4.78, 5) is 61.5. The molecule has 2 aliphatic rings. The van der Waals surface area contributed by atoms with Crippen LogP contribution in [0, 0.1) is 20.2 Å². The summed E-state index contributed by atoms with van der Waals surface area (Å²) in [5, 5.41) is 40.7. The standard InChI is InChI=1S/C53H68N10O11Si2/c1-58-31-39(13-19-51(58)64)54-49-29-45(60(56-49)33-71-21-23-75(3,4)5)37-11-9-35(25-37)43-27-41(62(67)68)15-17-47(43)73-53(66)74-48-18-16-42(63(69)70)28-44(48)36-10-12-38(26-36)46-30-50(55-40-14-20-52(65)59(2)32-40)57-61(46)34-72-22-24-76(6,7)8/h13-20,27-32,35-38H,9-12,21-26,33-34H2,1-8H3,(H,54,56)(H,55,57). The second kappa shape index (κ2) is 23.4. The van der Waals surface area contributed by atoms with Crippen molar-refractivity contribution in [2.75, 3.05) is 23.8 Å². The zero-order valence-corrected chi connectivity index (χ0v) is 46.4. The van der Waals surface area contributed by atoms with E-state index in [1.165, 1.54) is 57.7 Å². The van der Waals surface area contributed by atoms with E-state index < -0.39 is 32.1 Å². The minimum absolute atomic E-state index is 0.0462. The third-order valence-corrected chi connectivity index (χ3v) is 17.5. The van der Waals surface area contributed by atoms with E-state index in [9.17, 15) is 34.6 Å². The Morgan fingerprint density at radius 3 is 1.37 bits per heavy atom. The molecule has 0 bridgehead atoms. The van der Waals surface area contributed by atoms with Gasteiger partial charge in [-0.25, -0.2) is 14.2 Å². The summed E-state index contributed by atoms with van der Waals surface area (Å²) in [6.07, 6.45) is 6.03. The van der Waals surface area contributed by atoms with Crippen LogP contribution in [0.15, 0.2) is 94.8 Å². The van der Waals surface area contributed by atoms with Crippen molar-refractivity contribution in [1.82, 2.24) is 28.7 Å². The van der Waals surface area contributed by atoms with Gasteiger partial charge < -0.3 is 38.7 Å². The normalized spacial score (nSPS) is 17.7. The molecule has 4 heterocycles. The Morgan fingerprint density at radius 2 is 1.00 bits per heavy atom. The first-order valence-electron chi connectivity index (χ1n) is 25.7. The van der Waals surface area contributed by atoms with Gasteiger partial charge in [0.05, 0.1) is 21.2 Å². The summed E-state index contributed by atoms with van der Waals surface area (Å²) in [7, 11) is 0.614. The van der Waals surface area contributed by atoms with Crippen LogP contribution < -0.4 is 31.2 Å². The number of carbonyl (C=O) groups is 1. The highest BCUT2D eigenvalue weighted by Crippen LogP contribution is 2.49. The summed E-state index contributed by atoms with van der Waals surface area (Å²) in [6.45, 7) is 15.3. The molecule has 0 aliphatic heterocycles. The van der Waals surface area contributed by atoms with Gasteiger partial charge >= 0.3 is 6.16 Å². The SMILES string of the molecule is Cn1cc(Nc2cc(C3CCC(c4cc([N+](=O)[O-])ccc4OC(=O)Oc4ccc([N+](=O)[O-])cc4C4CCC(c5cc(Nc6ccc(=O)n(C)c6)nn5COCC[Si](C)(C)C)C4)C3)n(COCC[Si](C)(C)C)n2)ccc1=O. The molecule has 2 saturated carbocycles. The summed E-state index contributed by atoms with van der Waals surface area (Å²) in [5.41, 5.74) is 3.52. The first-order valence-corrected chi connectivity index (χ1v) is 33.1. The summed E-state index contributed by atoms with van der Waals surface area (Å²) < 4.78 is 30.8. The molecule has 2 aromatic carbocycles. The highest BCUT2D eigenvalue weighted by Gasteiger charge is 2.36. The van der Waals surface area contributed by atoms with Crippen molar-refractivity contribution < 1.29 is 33.6 Å². The van der Waals surface area contributed by atoms with Gasteiger partial charge in [-0.2, -0.15) is 10.2 Å². The summed E-state index contributed by atoms with van der Waals surface area (Å²) in [6, 6.07) is 20.5. The van der Waals surface area contributed by atoms with E-state index in [0.717, 1.165) is 23.5 Å². The smallest absolute Gasteiger partial charge is 0.394 e. The van der Waals surface area contributed by atoms with Crippen LogP contribution in [0.2, 0.25) is 51.4 Å². The predicted molar refractivity (Wildman–Crippen MR) is 294 cm³/mol. The average Bonchev–Trinajstić information content (AvgIpc) is 4.20. The van der Waals surface area contributed by atoms with Crippen molar-refractivity contribution >= 4 is 56.7 Å². The van der Waals surface area contributed by atoms with Crippen molar-refractivity contribution in [3.63, 3.8) is 0 Å². The quantitative estimate of drug-likeness (QED) is 0.0160. The van der Waals surface area contributed by atoms with Gasteiger partial charge in [-0.1, -0.05) is 39.3 Å². The number of pyridine rings is 2. The monoisotopic (exact) mass is 1080 g/mol. The van der Waals surface area contributed by atoms with Crippen LogP contribution in [0.25, 0.3) is 0 Å². The van der Waals surface area contributed by atoms with Crippen molar-refractivity contribution in [3.8, 4) is 11.5 Å². The van der Waals surface area contributed by atoms with Crippen molar-refractivity contribution in [2.24, 2.45) is 14.1 Å². The highest BCUT2D eigenvalue weighted by molar-refractivity contribution is 6.76. The van der Waals surface area contributed by atoms with Gasteiger partial charge in [-0.05, 0) is 86.7 Å². The molecule has 21 nitrogen and oxygen atoms in total. The lowest BCUT2D eigenvalue weighted by atomic mass is 9.94. The average molecular weight is 1080 g/mol. The maximum Gasteiger partial charge on any atom is 0.519 e. The number of nitro groups is 2. The number of hydrogen-bond donors (Lipinski definition) is 2. The molecule has 23 heteroatoms. The maximum atomic E-state index is 14.0. The first kappa shape index (κ1) is 55.0. The van der Waals surface area contributed by atoms with Crippen molar-refractivity contribution in [2.45, 2.75) is 127 Å². The molecule has 404 valence electrons. The first-order chi connectivity index (χ1) is 36.0. The van der Waals surface area contributed by atoms with Crippen LogP contribution >= 0.6 is 0 Å². The van der Waals surface area contributed by atoms with E-state index in [2.05, 4.69) is 49.9 Å². The van der Waals surface area contributed by atoms with E-state index in [1.54, 1.807) is 38.6 Å². The van der Waals surface area contributed by atoms with Crippen LogP contribution in [0.4, 0.5) is 39.2 Å². The van der Waals surface area contributed by atoms with E-state index in [0.29, 0.717) is 85.9 Å². The lowest BCUT2D eigenvalue weighted by Gasteiger charge is -2.19. The van der Waals surface area contributed by atoms with Gasteiger partial charge in [-0.15, -0.1) is 0 Å². The molecule has 4 unspecified atom stereocenters. The van der Waals surface area contributed by atoms with Crippen molar-refractivity contribution in [3.05, 3.63) is 149 Å². The van der Waals surface area contributed by atoms with Gasteiger partial charge in [0.1, 0.15) is 25.0 Å². The highest BCUT2D eigenvalue weighted by atomic mass is 28.3. The molecule has 4 aromatic heterocycles. The Labute approximate surface area is 442 Å². The number of anilines is 4. The largest absolute Gasteiger partial charge is 0.519 e. The maximum absolute atomic E-state index is 14.0. The molecule has 8 rings (SSSR count). The van der Waals surface area contributed by atoms with Crippen LogP contribution in [0.5, 0.6) is 11.5 Å². The Kier molecular flexibility index (Phi) is 16.9. The molecule has 2 fully saturated rings. The lowest BCUT2D eigenvalue weighted by molar-refractivity contribution is -0.385. The predicted octanol–water partition coefficient (Wildman–Crippen LogP) is 11.1. The van der Waals surface area contributed by atoms with Gasteiger partial charge in [-0.3, -0.25) is 29.8 Å². The Bertz CT molecular complexity index is 3000. The van der Waals surface area contributed by atoms with Gasteiger partial charge in [0.2, 0.25) is 11.1 Å². The summed E-state index contributed by atoms with van der Waals surface area (Å²) in [5.74, 6) is 0.734. The van der Waals surface area contributed by atoms with Gasteiger partial charge in [0.15, 0.2) is 11.6 Å². The number of aryl methyl sites for hydroxylation is 2. The molecule has 0 spiro atoms. The second-order valence-electron chi connectivity index (χ2n) is 22.4. The number of nitrogens with zero attached hydrogens (tertiary/aromatic N) is 8. The number of hydrogen-bond acceptors (Lipinski definition) is 15. The Hall–Kier alpha value is -7.22. The zero-order valence-electron chi connectivity index (χ0n) is 44.4. The molecule has 0 radical (unpaired) electrons. The number of carbonyl (C=O) groups excluding carboxylic acids is 1. The molecule has 4 atom stereocenters. The molecular weight excluding hydrogens is 1010 g/mol. The van der Waals surface area contributed by atoms with E-state index in [1.807, 2.05) is 21.5 Å². The molecule has 6 aromatic rings. The number of ether oxygens (including phenoxy) is 4. The number of nitro benzene ring substituents is 2. The number of nitrogens with one attached hydrogen (secondary N) is 2. The molecule has 0 saturated heterocycles. The fourth-order valence-corrected chi connectivity index (χ4v) is 11.4. The molecule has 0 amide bonds. The lowest BCUT2D eigenvalue weighted by Crippen LogP contribution is -2.22. The Balaban J connectivity index is 1.01. The number of rotatable bonds is 22. The van der Waals surface area contributed by atoms with Gasteiger partial charge in [0, 0.05) is 139 Å². The molecular formula is C53H68N10O11Si2. The van der Waals surface area contributed by atoms with Crippen molar-refractivity contribution in [1.29, 1.82) is 0 Å². The Morgan fingerprint density at radius 1 is 0.605 bits per heavy atom. The zero-order chi connectivity index (χ0) is 54.5. The van der Waals surface area contributed by atoms with E-state index >= 15 is 0 Å².